The molecule has 1 atom stereocenters. The zero-order valence-corrected chi connectivity index (χ0v) is 11.0. The van der Waals surface area contributed by atoms with Crippen LogP contribution in [0, 0.1) is 0 Å². The Morgan fingerprint density at radius 1 is 1.37 bits per heavy atom. The van der Waals surface area contributed by atoms with Gasteiger partial charge in [0.2, 0.25) is 5.91 Å². The van der Waals surface area contributed by atoms with Gasteiger partial charge in [-0.2, -0.15) is 0 Å². The van der Waals surface area contributed by atoms with Crippen molar-refractivity contribution in [1.29, 1.82) is 0 Å². The lowest BCUT2D eigenvalue weighted by molar-refractivity contribution is -0.137. The molecule has 7 heteroatoms. The minimum atomic E-state index is -0.914. The van der Waals surface area contributed by atoms with E-state index in [9.17, 15) is 9.59 Å². The Morgan fingerprint density at radius 3 is 2.74 bits per heavy atom. The van der Waals surface area contributed by atoms with E-state index in [4.69, 9.17) is 14.9 Å². The molecule has 0 aliphatic carbocycles. The standard InChI is InChI=1S/C12H22N2O5/c15-6-5-14(4-3-12(17)18)9-11(16)13-8-10-2-1-7-19-10/h10,15H,1-9H2,(H,13,16)(H,17,18). The molecule has 0 bridgehead atoms. The number of nitrogens with zero attached hydrogens (tertiary/aromatic N) is 1. The molecule has 1 aliphatic rings. The number of aliphatic hydroxyl groups is 1. The maximum atomic E-state index is 11.7. The molecule has 0 radical (unpaired) electrons. The van der Waals surface area contributed by atoms with Crippen molar-refractivity contribution in [3.05, 3.63) is 0 Å². The fraction of sp³-hybridized carbons (Fsp3) is 0.833. The second-order valence-electron chi connectivity index (χ2n) is 4.58. The SMILES string of the molecule is O=C(O)CCN(CCO)CC(=O)NCC1CCCO1. The molecule has 19 heavy (non-hydrogen) atoms. The van der Waals surface area contributed by atoms with E-state index in [1.165, 1.54) is 0 Å². The Hall–Kier alpha value is -1.18. The lowest BCUT2D eigenvalue weighted by Gasteiger charge is -2.20. The zero-order valence-electron chi connectivity index (χ0n) is 11.0. The van der Waals surface area contributed by atoms with Crippen LogP contribution in [0.25, 0.3) is 0 Å². The van der Waals surface area contributed by atoms with Crippen LogP contribution in [0.4, 0.5) is 0 Å². The van der Waals surface area contributed by atoms with Crippen molar-refractivity contribution in [2.24, 2.45) is 0 Å². The Balaban J connectivity index is 2.22. The van der Waals surface area contributed by atoms with Crippen LogP contribution in [0.2, 0.25) is 0 Å². The predicted octanol–water partition coefficient (Wildman–Crippen LogP) is -0.949. The van der Waals surface area contributed by atoms with Gasteiger partial charge in [0.25, 0.3) is 0 Å². The first-order chi connectivity index (χ1) is 9.11. The normalized spacial score (nSPS) is 18.7. The van der Waals surface area contributed by atoms with Gasteiger partial charge in [0.1, 0.15) is 0 Å². The summed E-state index contributed by atoms with van der Waals surface area (Å²) in [5, 5.41) is 20.2. The van der Waals surface area contributed by atoms with E-state index in [1.54, 1.807) is 4.90 Å². The summed E-state index contributed by atoms with van der Waals surface area (Å²) in [6, 6.07) is 0. The van der Waals surface area contributed by atoms with Gasteiger partial charge in [-0.1, -0.05) is 0 Å². The molecule has 0 aromatic heterocycles. The first-order valence-electron chi connectivity index (χ1n) is 6.55. The average Bonchev–Trinajstić information content (AvgIpc) is 2.87. The van der Waals surface area contributed by atoms with Crippen LogP contribution in [0.15, 0.2) is 0 Å². The molecule has 1 aliphatic heterocycles. The smallest absolute Gasteiger partial charge is 0.304 e. The first kappa shape index (κ1) is 15.9. The molecule has 1 fully saturated rings. The quantitative estimate of drug-likeness (QED) is 0.501. The number of nitrogens with one attached hydrogen (secondary N) is 1. The summed E-state index contributed by atoms with van der Waals surface area (Å²) in [5.74, 6) is -1.09. The Labute approximate surface area is 112 Å². The molecule has 1 saturated heterocycles. The highest BCUT2D eigenvalue weighted by atomic mass is 16.5. The number of hydrogen-bond donors (Lipinski definition) is 3. The third kappa shape index (κ3) is 7.09. The lowest BCUT2D eigenvalue weighted by atomic mass is 10.2. The van der Waals surface area contributed by atoms with Gasteiger partial charge in [-0.05, 0) is 12.8 Å². The summed E-state index contributed by atoms with van der Waals surface area (Å²) in [6.45, 7) is 1.78. The van der Waals surface area contributed by atoms with Gasteiger partial charge in [0, 0.05) is 26.2 Å². The molecule has 3 N–H and O–H groups in total. The number of aliphatic hydroxyl groups excluding tert-OH is 1. The minimum absolute atomic E-state index is 0.0426. The second kappa shape index (κ2) is 8.84. The molecule has 7 nitrogen and oxygen atoms in total. The van der Waals surface area contributed by atoms with Crippen LogP contribution >= 0.6 is 0 Å². The molecule has 0 aromatic rings. The van der Waals surface area contributed by atoms with Crippen LogP contribution in [0.3, 0.4) is 0 Å². The van der Waals surface area contributed by atoms with Crippen molar-refractivity contribution in [2.45, 2.75) is 25.4 Å². The Morgan fingerprint density at radius 2 is 2.16 bits per heavy atom. The molecule has 0 saturated carbocycles. The number of amides is 1. The summed E-state index contributed by atoms with van der Waals surface area (Å²) in [6.07, 6.45) is 2.03. The molecular formula is C12H22N2O5. The second-order valence-corrected chi connectivity index (χ2v) is 4.58. The Kier molecular flexibility index (Phi) is 7.39. The lowest BCUT2D eigenvalue weighted by Crippen LogP contribution is -2.41. The van der Waals surface area contributed by atoms with Crippen LogP contribution < -0.4 is 5.32 Å². The third-order valence-corrected chi connectivity index (χ3v) is 2.98. The molecule has 0 aromatic carbocycles. The van der Waals surface area contributed by atoms with Crippen molar-refractivity contribution in [1.82, 2.24) is 10.2 Å². The number of rotatable bonds is 9. The van der Waals surface area contributed by atoms with Crippen molar-refractivity contribution < 1.29 is 24.5 Å². The number of carboxylic acid groups (broad SMARTS) is 1. The zero-order chi connectivity index (χ0) is 14.1. The third-order valence-electron chi connectivity index (χ3n) is 2.98. The van der Waals surface area contributed by atoms with Gasteiger partial charge in [0.05, 0.1) is 25.7 Å². The maximum absolute atomic E-state index is 11.7. The molecular weight excluding hydrogens is 252 g/mol. The van der Waals surface area contributed by atoms with E-state index >= 15 is 0 Å². The summed E-state index contributed by atoms with van der Waals surface area (Å²) in [5.41, 5.74) is 0. The highest BCUT2D eigenvalue weighted by Crippen LogP contribution is 2.10. The van der Waals surface area contributed by atoms with Gasteiger partial charge in [-0.3, -0.25) is 14.5 Å². The van der Waals surface area contributed by atoms with Crippen molar-refractivity contribution in [3.63, 3.8) is 0 Å². The highest BCUT2D eigenvalue weighted by Gasteiger charge is 2.17. The van der Waals surface area contributed by atoms with E-state index in [0.717, 1.165) is 19.4 Å². The fourth-order valence-electron chi connectivity index (χ4n) is 1.96. The van der Waals surface area contributed by atoms with Crippen molar-refractivity contribution in [2.75, 3.05) is 39.4 Å². The monoisotopic (exact) mass is 274 g/mol. The van der Waals surface area contributed by atoms with Gasteiger partial charge in [0.15, 0.2) is 0 Å². The summed E-state index contributed by atoms with van der Waals surface area (Å²) in [4.78, 5) is 23.8. The molecule has 1 rings (SSSR count). The fourth-order valence-corrected chi connectivity index (χ4v) is 1.96. The predicted molar refractivity (Wildman–Crippen MR) is 67.8 cm³/mol. The van der Waals surface area contributed by atoms with E-state index in [0.29, 0.717) is 13.1 Å². The van der Waals surface area contributed by atoms with Crippen LogP contribution in [0.1, 0.15) is 19.3 Å². The van der Waals surface area contributed by atoms with Crippen molar-refractivity contribution in [3.8, 4) is 0 Å². The number of hydrogen-bond acceptors (Lipinski definition) is 5. The number of carbonyl (C=O) groups is 2. The van der Waals surface area contributed by atoms with E-state index < -0.39 is 5.97 Å². The molecule has 0 spiro atoms. The first-order valence-corrected chi connectivity index (χ1v) is 6.55. The summed E-state index contributed by atoms with van der Waals surface area (Å²) in [7, 11) is 0. The molecule has 1 heterocycles. The van der Waals surface area contributed by atoms with Gasteiger partial charge >= 0.3 is 5.97 Å². The van der Waals surface area contributed by atoms with Gasteiger partial charge in [-0.25, -0.2) is 0 Å². The van der Waals surface area contributed by atoms with E-state index in [1.807, 2.05) is 0 Å². The van der Waals surface area contributed by atoms with Gasteiger partial charge in [-0.15, -0.1) is 0 Å². The number of aliphatic carboxylic acids is 1. The van der Waals surface area contributed by atoms with E-state index in [-0.39, 0.29) is 38.1 Å². The maximum Gasteiger partial charge on any atom is 0.304 e. The summed E-state index contributed by atoms with van der Waals surface area (Å²) >= 11 is 0. The Bertz CT molecular complexity index is 292. The largest absolute Gasteiger partial charge is 0.481 e. The minimum Gasteiger partial charge on any atom is -0.481 e. The number of ether oxygens (including phenoxy) is 1. The van der Waals surface area contributed by atoms with Crippen LogP contribution in [-0.4, -0.2) is 72.5 Å². The average molecular weight is 274 g/mol. The van der Waals surface area contributed by atoms with Gasteiger partial charge < -0.3 is 20.3 Å². The van der Waals surface area contributed by atoms with Crippen LogP contribution in [-0.2, 0) is 14.3 Å². The number of carbonyl (C=O) groups excluding carboxylic acids is 1. The number of carboxylic acids is 1. The molecule has 110 valence electrons. The van der Waals surface area contributed by atoms with E-state index in [2.05, 4.69) is 5.32 Å². The van der Waals surface area contributed by atoms with Crippen molar-refractivity contribution >= 4 is 11.9 Å². The summed E-state index contributed by atoms with van der Waals surface area (Å²) < 4.78 is 5.39. The highest BCUT2D eigenvalue weighted by molar-refractivity contribution is 5.78. The molecule has 1 amide bonds. The topological polar surface area (TPSA) is 99.1 Å². The molecule has 1 unspecified atom stereocenters. The van der Waals surface area contributed by atoms with Crippen LogP contribution in [0.5, 0.6) is 0 Å².